The van der Waals surface area contributed by atoms with Gasteiger partial charge < -0.3 is 19.5 Å². The third kappa shape index (κ3) is 7.13. The van der Waals surface area contributed by atoms with Crippen molar-refractivity contribution in [2.45, 2.75) is 51.0 Å². The van der Waals surface area contributed by atoms with E-state index in [4.69, 9.17) is 9.47 Å². The summed E-state index contributed by atoms with van der Waals surface area (Å²) < 4.78 is 12.4. The van der Waals surface area contributed by atoms with Crippen LogP contribution < -0.4 is 9.47 Å². The molecule has 216 valence electrons. The quantitative estimate of drug-likeness (QED) is 0.191. The molecule has 1 heterocycles. The molecule has 0 saturated carbocycles. The van der Waals surface area contributed by atoms with Crippen LogP contribution in [0, 0.1) is 19.8 Å². The lowest BCUT2D eigenvalue weighted by Crippen LogP contribution is -2.38. The zero-order valence-corrected chi connectivity index (χ0v) is 26.2. The van der Waals surface area contributed by atoms with E-state index in [0.717, 1.165) is 31.8 Å². The minimum Gasteiger partial charge on any atom is -0.478 e. The summed E-state index contributed by atoms with van der Waals surface area (Å²) in [5.41, 5.74) is 1.60. The van der Waals surface area contributed by atoms with E-state index in [9.17, 15) is 19.5 Å². The summed E-state index contributed by atoms with van der Waals surface area (Å²) in [7, 11) is 0. The van der Waals surface area contributed by atoms with Crippen molar-refractivity contribution in [3.8, 4) is 11.5 Å². The third-order valence-corrected chi connectivity index (χ3v) is 8.59. The molecule has 0 aromatic heterocycles. The molecule has 41 heavy (non-hydrogen) atoms. The van der Waals surface area contributed by atoms with Crippen molar-refractivity contribution >= 4 is 45.5 Å². The summed E-state index contributed by atoms with van der Waals surface area (Å²) in [6.45, 7) is 9.33. The number of carbonyl (C=O) groups is 3. The Morgan fingerprint density at radius 2 is 1.61 bits per heavy atom. The summed E-state index contributed by atoms with van der Waals surface area (Å²) in [5, 5.41) is 9.55. The van der Waals surface area contributed by atoms with E-state index in [1.54, 1.807) is 40.9 Å². The Bertz CT molecular complexity index is 1410. The van der Waals surface area contributed by atoms with Gasteiger partial charge in [0.1, 0.15) is 11.5 Å². The fourth-order valence-corrected chi connectivity index (χ4v) is 5.90. The van der Waals surface area contributed by atoms with Gasteiger partial charge in [0.2, 0.25) is 0 Å². The summed E-state index contributed by atoms with van der Waals surface area (Å²) in [4.78, 5) is 41.4. The first-order valence-corrected chi connectivity index (χ1v) is 15.2. The highest BCUT2D eigenvalue weighted by atomic mass is 79.9. The van der Waals surface area contributed by atoms with Gasteiger partial charge in [-0.3, -0.25) is 4.79 Å². The number of hydrogen-bond acceptors (Lipinski definition) is 6. The second kappa shape index (κ2) is 12.7. The second-order valence-electron chi connectivity index (χ2n) is 10.7. The van der Waals surface area contributed by atoms with Gasteiger partial charge in [0.25, 0.3) is 0 Å². The average Bonchev–Trinajstić information content (AvgIpc) is 3.38. The maximum Gasteiger partial charge on any atom is 0.415 e. The van der Waals surface area contributed by atoms with Crippen LogP contribution in [0.3, 0.4) is 0 Å². The van der Waals surface area contributed by atoms with E-state index < -0.39 is 23.6 Å². The molecule has 3 aromatic carbocycles. The number of ether oxygens (including phenoxy) is 2. The van der Waals surface area contributed by atoms with Crippen molar-refractivity contribution in [3.05, 3.63) is 87.4 Å². The molecule has 7 nitrogen and oxygen atoms in total. The molecule has 9 heteroatoms. The number of aliphatic carboxylic acids is 1. The number of Topliss-reactive ketones (excluding diaryl/α,β-unsaturated/α-hetero) is 1. The van der Waals surface area contributed by atoms with Crippen LogP contribution in [-0.4, -0.2) is 52.3 Å². The fourth-order valence-electron chi connectivity index (χ4n) is 4.98. The van der Waals surface area contributed by atoms with Gasteiger partial charge in [-0.25, -0.2) is 9.59 Å². The van der Waals surface area contributed by atoms with Gasteiger partial charge in [0.15, 0.2) is 11.4 Å². The summed E-state index contributed by atoms with van der Waals surface area (Å²) in [6.07, 6.45) is -0.515. The smallest absolute Gasteiger partial charge is 0.415 e. The lowest BCUT2D eigenvalue weighted by atomic mass is 9.82. The largest absolute Gasteiger partial charge is 0.478 e. The first-order valence-electron chi connectivity index (χ1n) is 13.4. The Labute approximate surface area is 253 Å². The molecule has 0 radical (unpaired) electrons. The Kier molecular flexibility index (Phi) is 9.49. The van der Waals surface area contributed by atoms with Crippen molar-refractivity contribution in [2.75, 3.05) is 18.8 Å². The number of nitrogens with zero attached hydrogens (tertiary/aromatic N) is 1. The maximum atomic E-state index is 13.9. The van der Waals surface area contributed by atoms with Crippen LogP contribution in [0.25, 0.3) is 0 Å². The molecule has 1 amide bonds. The molecular formula is C32H34BrNO6S. The normalized spacial score (nSPS) is 16.9. The number of aryl methyl sites for hydroxylation is 2. The van der Waals surface area contributed by atoms with E-state index in [1.165, 1.54) is 13.8 Å². The van der Waals surface area contributed by atoms with Crippen molar-refractivity contribution in [1.82, 2.24) is 4.90 Å². The minimum absolute atomic E-state index is 0.0374. The number of carbonyl (C=O) groups excluding carboxylic acids is 2. The first-order chi connectivity index (χ1) is 19.4. The monoisotopic (exact) mass is 639 g/mol. The highest BCUT2D eigenvalue weighted by Gasteiger charge is 2.42. The average molecular weight is 641 g/mol. The SMILES string of the molecule is CCSc1ccc(C(=O)C2CN(C(=O)Oc3ccc(Br)cc3)C[C@@H]2c2cc(C)c(OC(C)(C)C(=O)O)c(C)c2)cc1. The zero-order chi connectivity index (χ0) is 29.9. The molecule has 0 aliphatic carbocycles. The van der Waals surface area contributed by atoms with E-state index >= 15 is 0 Å². The van der Waals surface area contributed by atoms with Gasteiger partial charge in [-0.2, -0.15) is 0 Å². The number of rotatable bonds is 9. The van der Waals surface area contributed by atoms with Gasteiger partial charge in [-0.05, 0) is 86.5 Å². The van der Waals surface area contributed by atoms with E-state index in [1.807, 2.05) is 50.2 Å². The van der Waals surface area contributed by atoms with E-state index in [-0.39, 0.29) is 18.2 Å². The third-order valence-electron chi connectivity index (χ3n) is 7.17. The predicted molar refractivity (Wildman–Crippen MR) is 163 cm³/mol. The minimum atomic E-state index is -1.40. The van der Waals surface area contributed by atoms with Crippen LogP contribution in [0.5, 0.6) is 11.5 Å². The summed E-state index contributed by atoms with van der Waals surface area (Å²) >= 11 is 5.09. The van der Waals surface area contributed by atoms with Gasteiger partial charge in [-0.15, -0.1) is 11.8 Å². The lowest BCUT2D eigenvalue weighted by Gasteiger charge is -2.26. The van der Waals surface area contributed by atoms with Crippen molar-refractivity contribution in [1.29, 1.82) is 0 Å². The second-order valence-corrected chi connectivity index (χ2v) is 12.9. The van der Waals surface area contributed by atoms with Gasteiger partial charge in [0.05, 0.1) is 0 Å². The number of ketones is 1. The molecule has 1 unspecified atom stereocenters. The highest BCUT2D eigenvalue weighted by Crippen LogP contribution is 2.39. The van der Waals surface area contributed by atoms with E-state index in [0.29, 0.717) is 23.6 Å². The highest BCUT2D eigenvalue weighted by molar-refractivity contribution is 9.10. The number of carboxylic acids is 1. The molecule has 4 rings (SSSR count). The van der Waals surface area contributed by atoms with E-state index in [2.05, 4.69) is 22.9 Å². The van der Waals surface area contributed by atoms with Crippen LogP contribution in [-0.2, 0) is 4.79 Å². The number of amides is 1. The summed E-state index contributed by atoms with van der Waals surface area (Å²) in [6, 6.07) is 18.5. The zero-order valence-electron chi connectivity index (χ0n) is 23.8. The molecule has 0 bridgehead atoms. The van der Waals surface area contributed by atoms with Crippen LogP contribution in [0.2, 0.25) is 0 Å². The standard InChI is InChI=1S/C32H34BrNO6S/c1-6-41-25-13-7-21(8-14-25)28(35)27-18-34(31(38)39-24-11-9-23(33)10-12-24)17-26(27)22-15-19(2)29(20(3)16-22)40-32(4,5)30(36)37/h7-16,26-27H,6,17-18H2,1-5H3,(H,36,37)/t26-,27?/m1/s1. The molecule has 1 aliphatic heterocycles. The van der Waals surface area contributed by atoms with Gasteiger partial charge in [0, 0.05) is 39.9 Å². The molecule has 1 saturated heterocycles. The van der Waals surface area contributed by atoms with Crippen molar-refractivity contribution in [3.63, 3.8) is 0 Å². The number of likely N-dealkylation sites (tertiary alicyclic amines) is 1. The van der Waals surface area contributed by atoms with Crippen LogP contribution >= 0.6 is 27.7 Å². The van der Waals surface area contributed by atoms with Crippen LogP contribution in [0.15, 0.2) is 70.0 Å². The molecule has 0 spiro atoms. The van der Waals surface area contributed by atoms with Gasteiger partial charge in [-0.1, -0.05) is 47.1 Å². The molecule has 3 aromatic rings. The molecule has 1 fully saturated rings. The number of thioether (sulfide) groups is 1. The Hall–Kier alpha value is -3.30. The number of halogens is 1. The van der Waals surface area contributed by atoms with Crippen molar-refractivity contribution in [2.24, 2.45) is 5.92 Å². The number of carboxylic acid groups (broad SMARTS) is 1. The van der Waals surface area contributed by atoms with Crippen LogP contribution in [0.4, 0.5) is 4.79 Å². The Morgan fingerprint density at radius 3 is 2.17 bits per heavy atom. The topological polar surface area (TPSA) is 93.1 Å². The molecule has 2 atom stereocenters. The maximum absolute atomic E-state index is 13.9. The fraction of sp³-hybridized carbons (Fsp3) is 0.344. The first kappa shape index (κ1) is 30.7. The summed E-state index contributed by atoms with van der Waals surface area (Å²) in [5.74, 6) is -0.0213. The van der Waals surface area contributed by atoms with Gasteiger partial charge >= 0.3 is 12.1 Å². The molecular weight excluding hydrogens is 606 g/mol. The Balaban J connectivity index is 1.65. The number of hydrogen-bond donors (Lipinski definition) is 1. The lowest BCUT2D eigenvalue weighted by molar-refractivity contribution is -0.152. The number of benzene rings is 3. The molecule has 1 N–H and O–H groups in total. The van der Waals surface area contributed by atoms with Crippen LogP contribution in [0.1, 0.15) is 53.7 Å². The van der Waals surface area contributed by atoms with Crippen molar-refractivity contribution < 1.29 is 29.0 Å². The Morgan fingerprint density at radius 1 is 1.00 bits per heavy atom. The predicted octanol–water partition coefficient (Wildman–Crippen LogP) is 7.52. The molecule has 1 aliphatic rings.